The van der Waals surface area contributed by atoms with Crippen molar-refractivity contribution in [3.63, 3.8) is 0 Å². The fourth-order valence-corrected chi connectivity index (χ4v) is 3.22. The maximum absolute atomic E-state index is 12.1. The van der Waals surface area contributed by atoms with Gasteiger partial charge in [0.15, 0.2) is 0 Å². The Kier molecular flexibility index (Phi) is 6.54. The summed E-state index contributed by atoms with van der Waals surface area (Å²) in [6.45, 7) is 2.39. The minimum atomic E-state index is -3.45. The summed E-state index contributed by atoms with van der Waals surface area (Å²) in [6, 6.07) is 6.58. The summed E-state index contributed by atoms with van der Waals surface area (Å²) in [7, 11) is -3.45. The van der Waals surface area contributed by atoms with Gasteiger partial charge in [0.2, 0.25) is 10.0 Å². The number of hydrogen-bond acceptors (Lipinski definition) is 3. The van der Waals surface area contributed by atoms with Crippen molar-refractivity contribution >= 4 is 32.6 Å². The van der Waals surface area contributed by atoms with E-state index in [1.807, 2.05) is 0 Å². The van der Waals surface area contributed by atoms with E-state index in [1.54, 1.807) is 24.3 Å². The lowest BCUT2D eigenvalue weighted by Gasteiger charge is -2.16. The van der Waals surface area contributed by atoms with Gasteiger partial charge >= 0.3 is 0 Å². The van der Waals surface area contributed by atoms with Gasteiger partial charge < -0.3 is 5.73 Å². The Morgan fingerprint density at radius 1 is 1.33 bits per heavy atom. The first-order valence-corrected chi connectivity index (χ1v) is 8.53. The number of rotatable bonds is 7. The minimum absolute atomic E-state index is 0.186. The van der Waals surface area contributed by atoms with Gasteiger partial charge in [-0.05, 0) is 53.3 Å². The number of sulfonamides is 1. The number of benzene rings is 1. The van der Waals surface area contributed by atoms with Crippen LogP contribution in [-0.4, -0.2) is 21.0 Å². The molecule has 102 valence electrons. The lowest BCUT2D eigenvalue weighted by atomic mass is 10.1. The highest BCUT2D eigenvalue weighted by atomic mass is 127. The lowest BCUT2D eigenvalue weighted by Crippen LogP contribution is -2.40. The van der Waals surface area contributed by atoms with Crippen molar-refractivity contribution in [2.24, 2.45) is 5.73 Å². The number of hydrogen-bond donors (Lipinski definition) is 2. The molecule has 1 aromatic rings. The van der Waals surface area contributed by atoms with Crippen LogP contribution in [0.1, 0.15) is 26.2 Å². The molecule has 0 aliphatic heterocycles. The smallest absolute Gasteiger partial charge is 0.240 e. The summed E-state index contributed by atoms with van der Waals surface area (Å²) in [5.41, 5.74) is 5.59. The molecule has 0 fully saturated rings. The van der Waals surface area contributed by atoms with Crippen LogP contribution in [0.25, 0.3) is 0 Å². The number of nitrogens with two attached hydrogens (primary N) is 1. The molecule has 1 atom stereocenters. The number of halogens is 1. The molecule has 1 unspecified atom stereocenters. The fourth-order valence-electron chi connectivity index (χ4n) is 1.58. The molecule has 0 aliphatic rings. The Balaban J connectivity index is 2.77. The number of nitrogens with one attached hydrogen (secondary N) is 1. The van der Waals surface area contributed by atoms with Crippen LogP contribution in [0.3, 0.4) is 0 Å². The monoisotopic (exact) mass is 382 g/mol. The highest BCUT2D eigenvalue weighted by Gasteiger charge is 2.18. The molecular weight excluding hydrogens is 363 g/mol. The van der Waals surface area contributed by atoms with Crippen molar-refractivity contribution in [2.75, 3.05) is 6.54 Å². The quantitative estimate of drug-likeness (QED) is 0.710. The first-order chi connectivity index (χ1) is 8.49. The third-order valence-corrected chi connectivity index (χ3v) is 4.89. The molecule has 0 aliphatic carbocycles. The van der Waals surface area contributed by atoms with Crippen molar-refractivity contribution in [1.29, 1.82) is 0 Å². The van der Waals surface area contributed by atoms with E-state index in [2.05, 4.69) is 34.2 Å². The molecule has 0 saturated heterocycles. The van der Waals surface area contributed by atoms with E-state index in [9.17, 15) is 8.42 Å². The standard InChI is InChI=1S/C12H19IN2O2S/c1-2-3-4-11(9-14)15-18(16,17)12-7-5-10(13)6-8-12/h5-8,11,15H,2-4,9,14H2,1H3. The maximum Gasteiger partial charge on any atom is 0.240 e. The second-order valence-electron chi connectivity index (χ2n) is 4.15. The van der Waals surface area contributed by atoms with Crippen LogP contribution in [0.4, 0.5) is 0 Å². The summed E-state index contributed by atoms with van der Waals surface area (Å²) in [4.78, 5) is 0.290. The van der Waals surface area contributed by atoms with Crippen LogP contribution in [0, 0.1) is 3.57 Å². The van der Waals surface area contributed by atoms with Gasteiger partial charge in [-0.3, -0.25) is 0 Å². The average Bonchev–Trinajstić information content (AvgIpc) is 2.35. The van der Waals surface area contributed by atoms with Crippen LogP contribution in [0.15, 0.2) is 29.2 Å². The Labute approximate surface area is 123 Å². The van der Waals surface area contributed by atoms with E-state index in [-0.39, 0.29) is 10.9 Å². The predicted molar refractivity (Wildman–Crippen MR) is 81.8 cm³/mol. The Bertz CT molecular complexity index is 459. The molecule has 18 heavy (non-hydrogen) atoms. The topological polar surface area (TPSA) is 72.2 Å². The number of unbranched alkanes of at least 4 members (excludes halogenated alkanes) is 1. The first kappa shape index (κ1) is 15.9. The van der Waals surface area contributed by atoms with Gasteiger partial charge in [-0.25, -0.2) is 13.1 Å². The summed E-state index contributed by atoms with van der Waals surface area (Å²) in [5, 5.41) is 0. The van der Waals surface area contributed by atoms with Crippen molar-refractivity contribution < 1.29 is 8.42 Å². The van der Waals surface area contributed by atoms with Gasteiger partial charge in [0, 0.05) is 16.2 Å². The second kappa shape index (κ2) is 7.42. The zero-order valence-electron chi connectivity index (χ0n) is 10.4. The highest BCUT2D eigenvalue weighted by molar-refractivity contribution is 14.1. The summed E-state index contributed by atoms with van der Waals surface area (Å²) in [5.74, 6) is 0. The zero-order chi connectivity index (χ0) is 13.6. The molecule has 1 aromatic carbocycles. The molecule has 0 saturated carbocycles. The predicted octanol–water partition coefficient (Wildman–Crippen LogP) is 2.09. The van der Waals surface area contributed by atoms with E-state index >= 15 is 0 Å². The second-order valence-corrected chi connectivity index (χ2v) is 7.11. The summed E-state index contributed by atoms with van der Waals surface area (Å²) >= 11 is 2.14. The van der Waals surface area contributed by atoms with E-state index in [1.165, 1.54) is 0 Å². The maximum atomic E-state index is 12.1. The third kappa shape index (κ3) is 4.83. The van der Waals surface area contributed by atoms with Gasteiger partial charge in [-0.15, -0.1) is 0 Å². The molecule has 1 rings (SSSR count). The van der Waals surface area contributed by atoms with Gasteiger partial charge in [0.05, 0.1) is 4.90 Å². The molecule has 0 spiro atoms. The summed E-state index contributed by atoms with van der Waals surface area (Å²) in [6.07, 6.45) is 2.77. The van der Waals surface area contributed by atoms with Crippen LogP contribution in [0.2, 0.25) is 0 Å². The first-order valence-electron chi connectivity index (χ1n) is 5.97. The molecule has 3 N–H and O–H groups in total. The molecular formula is C12H19IN2O2S. The fraction of sp³-hybridized carbons (Fsp3) is 0.500. The third-order valence-electron chi connectivity index (χ3n) is 2.64. The van der Waals surface area contributed by atoms with Crippen molar-refractivity contribution in [1.82, 2.24) is 4.72 Å². The zero-order valence-corrected chi connectivity index (χ0v) is 13.4. The van der Waals surface area contributed by atoms with Gasteiger partial charge in [0.25, 0.3) is 0 Å². The van der Waals surface area contributed by atoms with Crippen molar-refractivity contribution in [2.45, 2.75) is 37.1 Å². The largest absolute Gasteiger partial charge is 0.329 e. The van der Waals surface area contributed by atoms with Gasteiger partial charge in [0.1, 0.15) is 0 Å². The molecule has 0 radical (unpaired) electrons. The van der Waals surface area contributed by atoms with E-state index in [0.29, 0.717) is 6.54 Å². The normalized spacial score (nSPS) is 13.5. The van der Waals surface area contributed by atoms with Crippen molar-refractivity contribution in [3.8, 4) is 0 Å². The van der Waals surface area contributed by atoms with Crippen LogP contribution in [-0.2, 0) is 10.0 Å². The lowest BCUT2D eigenvalue weighted by molar-refractivity contribution is 0.516. The Morgan fingerprint density at radius 2 is 1.94 bits per heavy atom. The highest BCUT2D eigenvalue weighted by Crippen LogP contribution is 2.13. The van der Waals surface area contributed by atoms with Gasteiger partial charge in [-0.2, -0.15) is 0 Å². The van der Waals surface area contributed by atoms with Crippen molar-refractivity contribution in [3.05, 3.63) is 27.8 Å². The molecule has 4 nitrogen and oxygen atoms in total. The molecule has 0 heterocycles. The minimum Gasteiger partial charge on any atom is -0.329 e. The van der Waals surface area contributed by atoms with E-state index < -0.39 is 10.0 Å². The van der Waals surface area contributed by atoms with Crippen LogP contribution >= 0.6 is 22.6 Å². The summed E-state index contributed by atoms with van der Waals surface area (Å²) < 4.78 is 27.9. The SMILES string of the molecule is CCCCC(CN)NS(=O)(=O)c1ccc(I)cc1. The molecule has 0 aromatic heterocycles. The molecule has 0 bridgehead atoms. The Morgan fingerprint density at radius 3 is 2.44 bits per heavy atom. The van der Waals surface area contributed by atoms with Gasteiger partial charge in [-0.1, -0.05) is 19.8 Å². The Hall–Kier alpha value is -0.180. The van der Waals surface area contributed by atoms with Crippen LogP contribution < -0.4 is 10.5 Å². The van der Waals surface area contributed by atoms with E-state index in [0.717, 1.165) is 22.8 Å². The average molecular weight is 382 g/mol. The van der Waals surface area contributed by atoms with Crippen LogP contribution in [0.5, 0.6) is 0 Å². The van der Waals surface area contributed by atoms with E-state index in [4.69, 9.17) is 5.73 Å². The molecule has 0 amide bonds. The molecule has 6 heteroatoms.